The highest BCUT2D eigenvalue weighted by atomic mass is 16.5. The van der Waals surface area contributed by atoms with Crippen LogP contribution in [0.3, 0.4) is 0 Å². The molecule has 2 rings (SSSR count). The van der Waals surface area contributed by atoms with Crippen LogP contribution in [-0.4, -0.2) is 38.3 Å². The molecule has 0 aliphatic rings. The first-order valence-electron chi connectivity index (χ1n) is 9.51. The second kappa shape index (κ2) is 11.6. The van der Waals surface area contributed by atoms with Gasteiger partial charge < -0.3 is 24.8 Å². The van der Waals surface area contributed by atoms with E-state index in [1.54, 1.807) is 13.2 Å². The lowest BCUT2D eigenvalue weighted by molar-refractivity contribution is -0.124. The maximum absolute atomic E-state index is 12.4. The molecule has 2 N–H and O–H groups in total. The molecule has 0 saturated carbocycles. The zero-order valence-electron chi connectivity index (χ0n) is 17.0. The summed E-state index contributed by atoms with van der Waals surface area (Å²) in [5.41, 5.74) is 0.878. The number of methoxy groups -OCH3 is 1. The van der Waals surface area contributed by atoms with Crippen LogP contribution in [0.2, 0.25) is 0 Å². The fraction of sp³-hybridized carbons (Fsp3) is 0.364. The lowest BCUT2D eigenvalue weighted by Gasteiger charge is -2.21. The molecule has 7 nitrogen and oxygen atoms in total. The van der Waals surface area contributed by atoms with Gasteiger partial charge in [-0.15, -0.1) is 0 Å². The predicted octanol–water partition coefficient (Wildman–Crippen LogP) is 3.14. The van der Waals surface area contributed by atoms with E-state index in [1.807, 2.05) is 62.4 Å². The van der Waals surface area contributed by atoms with E-state index in [4.69, 9.17) is 14.2 Å². The molecule has 0 spiro atoms. The zero-order valence-corrected chi connectivity index (χ0v) is 17.0. The molecule has 0 heterocycles. The van der Waals surface area contributed by atoms with Crippen LogP contribution in [0.15, 0.2) is 54.6 Å². The van der Waals surface area contributed by atoms with Crippen LogP contribution < -0.4 is 20.1 Å². The number of nitrogens with one attached hydrogen (secondary N) is 2. The summed E-state index contributed by atoms with van der Waals surface area (Å²) in [7, 11) is 1.59. The third-order valence-corrected chi connectivity index (χ3v) is 4.15. The van der Waals surface area contributed by atoms with E-state index in [9.17, 15) is 9.59 Å². The molecule has 0 unspecified atom stereocenters. The van der Waals surface area contributed by atoms with Gasteiger partial charge in [-0.25, -0.2) is 4.79 Å². The number of carbonyl (C=O) groups excluding carboxylic acids is 2. The fourth-order valence-electron chi connectivity index (χ4n) is 2.57. The Morgan fingerprint density at radius 3 is 2.41 bits per heavy atom. The minimum Gasteiger partial charge on any atom is -0.497 e. The first-order valence-corrected chi connectivity index (χ1v) is 9.51. The second-order valence-electron chi connectivity index (χ2n) is 6.75. The lowest BCUT2D eigenvalue weighted by atomic mass is 10.0. The molecule has 0 aliphatic carbocycles. The number of carbonyl (C=O) groups is 2. The fourth-order valence-corrected chi connectivity index (χ4v) is 2.57. The summed E-state index contributed by atoms with van der Waals surface area (Å²) in [6.45, 7) is 4.46. The summed E-state index contributed by atoms with van der Waals surface area (Å²) in [5.74, 6) is 0.968. The van der Waals surface area contributed by atoms with Crippen LogP contribution in [-0.2, 0) is 16.1 Å². The van der Waals surface area contributed by atoms with Crippen LogP contribution >= 0.6 is 0 Å². The van der Waals surface area contributed by atoms with Crippen molar-refractivity contribution < 1.29 is 23.8 Å². The monoisotopic (exact) mass is 400 g/mol. The molecule has 0 aromatic heterocycles. The molecule has 29 heavy (non-hydrogen) atoms. The average molecular weight is 400 g/mol. The van der Waals surface area contributed by atoms with E-state index in [0.29, 0.717) is 24.7 Å². The van der Waals surface area contributed by atoms with E-state index < -0.39 is 12.1 Å². The minimum absolute atomic E-state index is 0.0985. The molecule has 2 aromatic carbocycles. The third kappa shape index (κ3) is 7.73. The van der Waals surface area contributed by atoms with Crippen molar-refractivity contribution >= 4 is 12.0 Å². The topological polar surface area (TPSA) is 85.9 Å². The zero-order chi connectivity index (χ0) is 21.1. The van der Waals surface area contributed by atoms with Crippen molar-refractivity contribution in [1.29, 1.82) is 0 Å². The predicted molar refractivity (Wildman–Crippen MR) is 110 cm³/mol. The molecule has 0 bridgehead atoms. The highest BCUT2D eigenvalue weighted by Crippen LogP contribution is 2.18. The Labute approximate surface area is 171 Å². The van der Waals surface area contributed by atoms with E-state index in [0.717, 1.165) is 5.56 Å². The van der Waals surface area contributed by atoms with Crippen LogP contribution in [0.5, 0.6) is 11.5 Å². The molecular weight excluding hydrogens is 372 g/mol. The molecular formula is C22H28N2O5. The van der Waals surface area contributed by atoms with Gasteiger partial charge in [-0.3, -0.25) is 4.79 Å². The summed E-state index contributed by atoms with van der Waals surface area (Å²) < 4.78 is 15.9. The number of rotatable bonds is 10. The molecule has 0 saturated heterocycles. The Bertz CT molecular complexity index is 780. The Morgan fingerprint density at radius 1 is 1.00 bits per heavy atom. The highest BCUT2D eigenvalue weighted by Gasteiger charge is 2.24. The van der Waals surface area contributed by atoms with E-state index in [-0.39, 0.29) is 18.4 Å². The Kier molecular flexibility index (Phi) is 8.82. The van der Waals surface area contributed by atoms with Crippen LogP contribution in [0.1, 0.15) is 19.4 Å². The van der Waals surface area contributed by atoms with Crippen molar-refractivity contribution in [2.75, 3.05) is 20.3 Å². The van der Waals surface area contributed by atoms with Crippen LogP contribution in [0.4, 0.5) is 4.79 Å². The summed E-state index contributed by atoms with van der Waals surface area (Å²) >= 11 is 0. The van der Waals surface area contributed by atoms with E-state index in [1.165, 1.54) is 0 Å². The van der Waals surface area contributed by atoms with Gasteiger partial charge in [0.25, 0.3) is 0 Å². The first-order chi connectivity index (χ1) is 14.0. The van der Waals surface area contributed by atoms with Crippen molar-refractivity contribution in [2.45, 2.75) is 26.5 Å². The Morgan fingerprint density at radius 2 is 1.72 bits per heavy atom. The molecule has 156 valence electrons. The number of alkyl carbamates (subject to hydrolysis) is 1. The van der Waals surface area contributed by atoms with Crippen LogP contribution in [0, 0.1) is 5.92 Å². The molecule has 7 heteroatoms. The maximum Gasteiger partial charge on any atom is 0.408 e. The largest absolute Gasteiger partial charge is 0.497 e. The SMILES string of the molecule is COc1cccc(OCCNC(=O)[C@@H](NC(=O)OCc2ccccc2)C(C)C)c1. The summed E-state index contributed by atoms with van der Waals surface area (Å²) in [5, 5.41) is 5.41. The van der Waals surface area contributed by atoms with Gasteiger partial charge in [0.2, 0.25) is 5.91 Å². The van der Waals surface area contributed by atoms with Gasteiger partial charge in [0.15, 0.2) is 0 Å². The molecule has 0 fully saturated rings. The first kappa shape index (κ1) is 22.1. The quantitative estimate of drug-likeness (QED) is 0.599. The Balaban J connectivity index is 1.75. The van der Waals surface area contributed by atoms with Gasteiger partial charge >= 0.3 is 6.09 Å². The number of ether oxygens (including phenoxy) is 3. The van der Waals surface area contributed by atoms with E-state index >= 15 is 0 Å². The van der Waals surface area contributed by atoms with Crippen LogP contribution in [0.25, 0.3) is 0 Å². The second-order valence-corrected chi connectivity index (χ2v) is 6.75. The van der Waals surface area contributed by atoms with Crippen molar-refractivity contribution in [3.63, 3.8) is 0 Å². The standard InChI is InChI=1S/C22H28N2O5/c1-16(2)20(24-22(26)29-15-17-8-5-4-6-9-17)21(25)23-12-13-28-19-11-7-10-18(14-19)27-3/h4-11,14,16,20H,12-13,15H2,1-3H3,(H,23,25)(H,24,26)/t20-/m0/s1. The number of hydrogen-bond acceptors (Lipinski definition) is 5. The van der Waals surface area contributed by atoms with Gasteiger partial charge in [-0.1, -0.05) is 50.2 Å². The molecule has 2 amide bonds. The summed E-state index contributed by atoms with van der Waals surface area (Å²) in [4.78, 5) is 24.5. The van der Waals surface area contributed by atoms with Crippen molar-refractivity contribution in [3.05, 3.63) is 60.2 Å². The minimum atomic E-state index is -0.699. The third-order valence-electron chi connectivity index (χ3n) is 4.15. The van der Waals surface area contributed by atoms with Crippen molar-refractivity contribution in [1.82, 2.24) is 10.6 Å². The van der Waals surface area contributed by atoms with Gasteiger partial charge in [0, 0.05) is 6.07 Å². The Hall–Kier alpha value is -3.22. The van der Waals surface area contributed by atoms with Crippen molar-refractivity contribution in [3.8, 4) is 11.5 Å². The summed E-state index contributed by atoms with van der Waals surface area (Å²) in [6, 6.07) is 15.9. The molecule has 0 aliphatic heterocycles. The summed E-state index contributed by atoms with van der Waals surface area (Å²) in [6.07, 6.45) is -0.629. The van der Waals surface area contributed by atoms with Gasteiger partial charge in [0.1, 0.15) is 30.8 Å². The average Bonchev–Trinajstić information content (AvgIpc) is 2.74. The highest BCUT2D eigenvalue weighted by molar-refractivity contribution is 5.85. The van der Waals surface area contributed by atoms with Gasteiger partial charge in [0.05, 0.1) is 13.7 Å². The van der Waals surface area contributed by atoms with E-state index in [2.05, 4.69) is 10.6 Å². The van der Waals surface area contributed by atoms with Gasteiger partial charge in [-0.05, 0) is 23.6 Å². The van der Waals surface area contributed by atoms with Gasteiger partial charge in [-0.2, -0.15) is 0 Å². The number of amides is 2. The lowest BCUT2D eigenvalue weighted by Crippen LogP contribution is -2.50. The number of benzene rings is 2. The van der Waals surface area contributed by atoms with Crippen molar-refractivity contribution in [2.24, 2.45) is 5.92 Å². The molecule has 2 aromatic rings. The maximum atomic E-state index is 12.4. The number of hydrogen-bond donors (Lipinski definition) is 2. The molecule has 1 atom stereocenters. The smallest absolute Gasteiger partial charge is 0.408 e. The molecule has 0 radical (unpaired) electrons. The normalized spacial score (nSPS) is 11.4.